The molecule has 1 aromatic rings. The molecule has 0 unspecified atom stereocenters. The highest BCUT2D eigenvalue weighted by Gasteiger charge is 2.25. The smallest absolute Gasteiger partial charge is 0.157 e. The monoisotopic (exact) mass is 318 g/mol. The van der Waals surface area contributed by atoms with E-state index in [2.05, 4.69) is 38.8 Å². The van der Waals surface area contributed by atoms with Crippen molar-refractivity contribution in [1.82, 2.24) is 14.9 Å². The van der Waals surface area contributed by atoms with Gasteiger partial charge in [-0.15, -0.1) is 0 Å². The summed E-state index contributed by atoms with van der Waals surface area (Å²) in [5.41, 5.74) is 7.23. The number of hydrogen-bond acceptors (Lipinski definition) is 6. The maximum Gasteiger partial charge on any atom is 0.157 e. The first kappa shape index (κ1) is 16.3. The lowest BCUT2D eigenvalue weighted by molar-refractivity contribution is 0.252. The number of aromatic nitrogens is 2. The van der Waals surface area contributed by atoms with Crippen molar-refractivity contribution in [2.75, 3.05) is 55.8 Å². The Morgan fingerprint density at radius 3 is 2.35 bits per heavy atom. The third-order valence-corrected chi connectivity index (χ3v) is 5.32. The van der Waals surface area contributed by atoms with Crippen molar-refractivity contribution in [1.29, 1.82) is 0 Å². The van der Waals surface area contributed by atoms with Gasteiger partial charge in [0.15, 0.2) is 11.6 Å². The molecule has 2 fully saturated rings. The molecule has 3 heterocycles. The summed E-state index contributed by atoms with van der Waals surface area (Å²) in [5.74, 6) is 1.82. The van der Waals surface area contributed by atoms with Crippen LogP contribution in [0.15, 0.2) is 6.33 Å². The average molecular weight is 318 g/mol. The van der Waals surface area contributed by atoms with Crippen LogP contribution in [-0.4, -0.2) is 61.2 Å². The fourth-order valence-corrected chi connectivity index (χ4v) is 3.75. The van der Waals surface area contributed by atoms with Crippen LogP contribution in [0.2, 0.25) is 0 Å². The molecule has 0 spiro atoms. The molecule has 1 aromatic heterocycles. The minimum absolute atomic E-state index is 0.514. The van der Waals surface area contributed by atoms with Gasteiger partial charge in [-0.3, -0.25) is 0 Å². The van der Waals surface area contributed by atoms with Crippen LogP contribution in [-0.2, 0) is 0 Å². The summed E-state index contributed by atoms with van der Waals surface area (Å²) in [6.45, 7) is 4.38. The topological polar surface area (TPSA) is 61.5 Å². The van der Waals surface area contributed by atoms with Crippen molar-refractivity contribution in [3.05, 3.63) is 6.33 Å². The van der Waals surface area contributed by atoms with E-state index in [1.54, 1.807) is 6.33 Å². The van der Waals surface area contributed by atoms with Crippen LogP contribution in [0.1, 0.15) is 38.5 Å². The molecule has 0 saturated carbocycles. The molecule has 0 aliphatic carbocycles. The molecule has 0 radical (unpaired) electrons. The molecule has 2 saturated heterocycles. The van der Waals surface area contributed by atoms with Gasteiger partial charge in [-0.25, -0.2) is 9.97 Å². The Bertz CT molecular complexity index is 504. The highest BCUT2D eigenvalue weighted by molar-refractivity contribution is 5.75. The highest BCUT2D eigenvalue weighted by atomic mass is 15.3. The first-order valence-electron chi connectivity index (χ1n) is 8.93. The zero-order valence-electron chi connectivity index (χ0n) is 14.5. The summed E-state index contributed by atoms with van der Waals surface area (Å²) < 4.78 is 0. The van der Waals surface area contributed by atoms with E-state index in [1.807, 2.05) is 0 Å². The van der Waals surface area contributed by atoms with E-state index in [1.165, 1.54) is 25.7 Å². The molecule has 6 heteroatoms. The third-order valence-electron chi connectivity index (χ3n) is 5.32. The first-order valence-corrected chi connectivity index (χ1v) is 8.93. The quantitative estimate of drug-likeness (QED) is 0.919. The van der Waals surface area contributed by atoms with Crippen LogP contribution >= 0.6 is 0 Å². The largest absolute Gasteiger partial charge is 0.393 e. The molecule has 2 N–H and O–H groups in total. The fraction of sp³-hybridized carbons (Fsp3) is 0.765. The molecule has 0 amide bonds. The SMILES string of the molecule is CN1CCC(N(C)c2ncnc(N3CCCCCC3)c2N)CC1. The van der Waals surface area contributed by atoms with Crippen molar-refractivity contribution in [3.63, 3.8) is 0 Å². The first-order chi connectivity index (χ1) is 11.2. The van der Waals surface area contributed by atoms with E-state index in [9.17, 15) is 0 Å². The third kappa shape index (κ3) is 3.68. The van der Waals surface area contributed by atoms with E-state index in [0.29, 0.717) is 6.04 Å². The van der Waals surface area contributed by atoms with Crippen molar-refractivity contribution in [2.24, 2.45) is 0 Å². The number of nitrogen functional groups attached to an aromatic ring is 1. The average Bonchev–Trinajstić information content (AvgIpc) is 2.84. The standard InChI is InChI=1S/C17H30N6/c1-21-11-7-14(8-12-21)22(2)16-15(18)17(20-13-19-16)23-9-5-3-4-6-10-23/h13-14H,3-12,18H2,1-2H3. The number of anilines is 3. The van der Waals surface area contributed by atoms with Crippen molar-refractivity contribution in [2.45, 2.75) is 44.6 Å². The Hall–Kier alpha value is -1.56. The van der Waals surface area contributed by atoms with E-state index >= 15 is 0 Å². The molecular weight excluding hydrogens is 288 g/mol. The lowest BCUT2D eigenvalue weighted by Gasteiger charge is -2.36. The second-order valence-electron chi connectivity index (χ2n) is 6.98. The van der Waals surface area contributed by atoms with Gasteiger partial charge >= 0.3 is 0 Å². The van der Waals surface area contributed by atoms with Crippen molar-refractivity contribution < 1.29 is 0 Å². The summed E-state index contributed by atoms with van der Waals surface area (Å²) >= 11 is 0. The maximum atomic E-state index is 6.48. The van der Waals surface area contributed by atoms with Crippen LogP contribution in [0.3, 0.4) is 0 Å². The number of piperidine rings is 1. The minimum Gasteiger partial charge on any atom is -0.393 e. The normalized spacial score (nSPS) is 21.2. The number of hydrogen-bond donors (Lipinski definition) is 1. The van der Waals surface area contributed by atoms with Crippen LogP contribution < -0.4 is 15.5 Å². The fourth-order valence-electron chi connectivity index (χ4n) is 3.75. The van der Waals surface area contributed by atoms with Gasteiger partial charge in [0, 0.05) is 26.2 Å². The zero-order valence-corrected chi connectivity index (χ0v) is 14.5. The predicted octanol–water partition coefficient (Wildman–Crippen LogP) is 1.97. The molecule has 3 rings (SSSR count). The molecule has 0 bridgehead atoms. The molecular formula is C17H30N6. The lowest BCUT2D eigenvalue weighted by atomic mass is 10.0. The van der Waals surface area contributed by atoms with Crippen LogP contribution in [0.5, 0.6) is 0 Å². The Kier molecular flexibility index (Phi) is 5.20. The Balaban J connectivity index is 1.78. The number of rotatable bonds is 3. The van der Waals surface area contributed by atoms with Crippen molar-refractivity contribution >= 4 is 17.3 Å². The van der Waals surface area contributed by atoms with E-state index in [0.717, 1.165) is 56.3 Å². The van der Waals surface area contributed by atoms with Gasteiger partial charge in [-0.05, 0) is 45.8 Å². The maximum absolute atomic E-state index is 6.48. The van der Waals surface area contributed by atoms with Crippen LogP contribution in [0, 0.1) is 0 Å². The van der Waals surface area contributed by atoms with Gasteiger partial charge in [0.2, 0.25) is 0 Å². The molecule has 23 heavy (non-hydrogen) atoms. The summed E-state index contributed by atoms with van der Waals surface area (Å²) in [6, 6.07) is 0.514. The predicted molar refractivity (Wildman–Crippen MR) is 96.0 cm³/mol. The number of nitrogens with zero attached hydrogens (tertiary/aromatic N) is 5. The summed E-state index contributed by atoms with van der Waals surface area (Å²) in [6.07, 6.45) is 9.07. The Morgan fingerprint density at radius 1 is 1.04 bits per heavy atom. The second kappa shape index (κ2) is 7.34. The van der Waals surface area contributed by atoms with Crippen LogP contribution in [0.4, 0.5) is 17.3 Å². The van der Waals surface area contributed by atoms with E-state index < -0.39 is 0 Å². The molecule has 2 aliphatic heterocycles. The van der Waals surface area contributed by atoms with Crippen LogP contribution in [0.25, 0.3) is 0 Å². The molecule has 0 aromatic carbocycles. The van der Waals surface area contributed by atoms with Gasteiger partial charge in [0.05, 0.1) is 0 Å². The second-order valence-corrected chi connectivity index (χ2v) is 6.98. The summed E-state index contributed by atoms with van der Waals surface area (Å²) in [7, 11) is 4.31. The van der Waals surface area contributed by atoms with Gasteiger partial charge in [0.25, 0.3) is 0 Å². The molecule has 0 atom stereocenters. The zero-order chi connectivity index (χ0) is 16.2. The minimum atomic E-state index is 0.514. The number of likely N-dealkylation sites (tertiary alicyclic amines) is 1. The summed E-state index contributed by atoms with van der Waals surface area (Å²) in [5, 5.41) is 0. The van der Waals surface area contributed by atoms with E-state index in [4.69, 9.17) is 5.73 Å². The van der Waals surface area contributed by atoms with E-state index in [-0.39, 0.29) is 0 Å². The Labute approximate surface area is 139 Å². The van der Waals surface area contributed by atoms with Gasteiger partial charge < -0.3 is 20.4 Å². The van der Waals surface area contributed by atoms with Gasteiger partial charge in [0.1, 0.15) is 12.0 Å². The number of nitrogens with two attached hydrogens (primary N) is 1. The molecule has 6 nitrogen and oxygen atoms in total. The van der Waals surface area contributed by atoms with Gasteiger partial charge in [-0.2, -0.15) is 0 Å². The highest BCUT2D eigenvalue weighted by Crippen LogP contribution is 2.32. The van der Waals surface area contributed by atoms with Gasteiger partial charge in [-0.1, -0.05) is 12.8 Å². The lowest BCUT2D eigenvalue weighted by Crippen LogP contribution is -2.42. The summed E-state index contributed by atoms with van der Waals surface area (Å²) in [4.78, 5) is 16.0. The molecule has 2 aliphatic rings. The van der Waals surface area contributed by atoms with Crippen molar-refractivity contribution in [3.8, 4) is 0 Å². The Morgan fingerprint density at radius 2 is 1.70 bits per heavy atom. The molecule has 128 valence electrons.